The molecule has 0 saturated carbocycles. The van der Waals surface area contributed by atoms with Crippen LogP contribution < -0.4 is 0 Å². The van der Waals surface area contributed by atoms with Gasteiger partial charge >= 0.3 is 6.09 Å². The fourth-order valence-corrected chi connectivity index (χ4v) is 2.04. The number of nitrogens with zero attached hydrogens (tertiary/aromatic N) is 1. The number of aliphatic hydroxyl groups is 1. The first-order valence-corrected chi connectivity index (χ1v) is 5.95. The molecule has 0 spiro atoms. The third-order valence-electron chi connectivity index (χ3n) is 2.75. The first kappa shape index (κ1) is 14.3. The molecule has 1 saturated heterocycles. The van der Waals surface area contributed by atoms with Crippen molar-refractivity contribution in [2.45, 2.75) is 52.0 Å². The minimum absolute atomic E-state index is 0.315. The largest absolute Gasteiger partial charge is 0.444 e. The van der Waals surface area contributed by atoms with Crippen LogP contribution in [0.15, 0.2) is 0 Å². The molecule has 0 aromatic rings. The van der Waals surface area contributed by atoms with E-state index in [9.17, 15) is 9.90 Å². The van der Waals surface area contributed by atoms with Gasteiger partial charge in [-0.1, -0.05) is 6.92 Å². The van der Waals surface area contributed by atoms with Gasteiger partial charge in [0.2, 0.25) is 0 Å². The van der Waals surface area contributed by atoms with Crippen LogP contribution in [0.5, 0.6) is 0 Å². The Morgan fingerprint density at radius 1 is 1.47 bits per heavy atom. The van der Waals surface area contributed by atoms with Crippen LogP contribution in [0, 0.1) is 5.92 Å². The van der Waals surface area contributed by atoms with Crippen molar-refractivity contribution in [1.29, 1.82) is 0 Å². The third kappa shape index (κ3) is 3.85. The minimum atomic E-state index is -0.951. The average Bonchev–Trinajstić information content (AvgIpc) is 2.56. The molecule has 5 nitrogen and oxygen atoms in total. The summed E-state index contributed by atoms with van der Waals surface area (Å²) in [7, 11) is 1.43. The van der Waals surface area contributed by atoms with Gasteiger partial charge in [-0.2, -0.15) is 0 Å². The third-order valence-corrected chi connectivity index (χ3v) is 2.75. The van der Waals surface area contributed by atoms with Crippen molar-refractivity contribution in [3.63, 3.8) is 0 Å². The van der Waals surface area contributed by atoms with Crippen LogP contribution in [0.3, 0.4) is 0 Å². The highest BCUT2D eigenvalue weighted by Gasteiger charge is 2.39. The number of carbonyl (C=O) groups is 1. The highest BCUT2D eigenvalue weighted by atomic mass is 16.6. The monoisotopic (exact) mass is 245 g/mol. The van der Waals surface area contributed by atoms with Gasteiger partial charge in [-0.15, -0.1) is 0 Å². The Morgan fingerprint density at radius 3 is 2.53 bits per heavy atom. The zero-order valence-electron chi connectivity index (χ0n) is 11.3. The van der Waals surface area contributed by atoms with Crippen LogP contribution in [0.25, 0.3) is 0 Å². The standard InChI is InChI=1S/C12H23NO4/c1-8-6-9(10(14)16-5)13(7-8)11(15)17-12(2,3)4/h8-10,14H,6-7H2,1-5H3/t8-,9-,10?/m0/s1. The highest BCUT2D eigenvalue weighted by molar-refractivity contribution is 5.69. The number of likely N-dealkylation sites (tertiary alicyclic amines) is 1. The van der Waals surface area contributed by atoms with Gasteiger partial charge in [0.25, 0.3) is 0 Å². The van der Waals surface area contributed by atoms with Gasteiger partial charge in [-0.3, -0.25) is 4.90 Å². The van der Waals surface area contributed by atoms with E-state index in [1.54, 1.807) is 4.90 Å². The molecule has 0 aromatic heterocycles. The zero-order valence-corrected chi connectivity index (χ0v) is 11.3. The number of hydrogen-bond acceptors (Lipinski definition) is 4. The Kier molecular flexibility index (Phi) is 4.38. The maximum Gasteiger partial charge on any atom is 0.410 e. The van der Waals surface area contributed by atoms with Crippen LogP contribution in [0.1, 0.15) is 34.1 Å². The lowest BCUT2D eigenvalue weighted by atomic mass is 10.1. The maximum atomic E-state index is 12.0. The maximum absolute atomic E-state index is 12.0. The molecule has 1 fully saturated rings. The Balaban J connectivity index is 2.70. The van der Waals surface area contributed by atoms with Gasteiger partial charge in [-0.05, 0) is 33.1 Å². The van der Waals surface area contributed by atoms with E-state index in [1.807, 2.05) is 27.7 Å². The van der Waals surface area contributed by atoms with Crippen LogP contribution in [0.2, 0.25) is 0 Å². The molecule has 1 aliphatic heterocycles. The van der Waals surface area contributed by atoms with Crippen LogP contribution in [-0.4, -0.2) is 47.7 Å². The van der Waals surface area contributed by atoms with Crippen LogP contribution in [0.4, 0.5) is 4.79 Å². The van der Waals surface area contributed by atoms with E-state index in [-0.39, 0.29) is 12.1 Å². The zero-order chi connectivity index (χ0) is 13.2. The Hall–Kier alpha value is -0.810. The highest BCUT2D eigenvalue weighted by Crippen LogP contribution is 2.27. The molecule has 5 heteroatoms. The molecular formula is C12H23NO4. The summed E-state index contributed by atoms with van der Waals surface area (Å²) in [4.78, 5) is 13.5. The summed E-state index contributed by atoms with van der Waals surface area (Å²) in [5.74, 6) is 0.345. The van der Waals surface area contributed by atoms with E-state index in [0.29, 0.717) is 12.5 Å². The number of ether oxygens (including phenoxy) is 2. The van der Waals surface area contributed by atoms with E-state index in [0.717, 1.165) is 6.42 Å². The molecule has 1 unspecified atom stereocenters. The number of hydrogen-bond donors (Lipinski definition) is 1. The topological polar surface area (TPSA) is 59.0 Å². The van der Waals surface area contributed by atoms with Crippen molar-refractivity contribution in [2.75, 3.05) is 13.7 Å². The fourth-order valence-electron chi connectivity index (χ4n) is 2.04. The van der Waals surface area contributed by atoms with Crippen LogP contribution >= 0.6 is 0 Å². The molecule has 1 heterocycles. The summed E-state index contributed by atoms with van der Waals surface area (Å²) < 4.78 is 10.2. The summed E-state index contributed by atoms with van der Waals surface area (Å²) in [6.07, 6.45) is -0.607. The number of methoxy groups -OCH3 is 1. The van der Waals surface area contributed by atoms with Gasteiger partial charge in [-0.25, -0.2) is 4.79 Å². The average molecular weight is 245 g/mol. The first-order valence-electron chi connectivity index (χ1n) is 5.95. The molecule has 0 bridgehead atoms. The van der Waals surface area contributed by atoms with Gasteiger partial charge < -0.3 is 14.6 Å². The first-order chi connectivity index (χ1) is 7.74. The van der Waals surface area contributed by atoms with E-state index in [4.69, 9.17) is 9.47 Å². The SMILES string of the molecule is COC(O)[C@@H]1C[C@H](C)CN1C(=O)OC(C)(C)C. The normalized spacial score (nSPS) is 27.1. The Morgan fingerprint density at radius 2 is 2.06 bits per heavy atom. The van der Waals surface area contributed by atoms with Crippen molar-refractivity contribution >= 4 is 6.09 Å². The second-order valence-corrected chi connectivity index (χ2v) is 5.67. The summed E-state index contributed by atoms with van der Waals surface area (Å²) in [5, 5.41) is 9.72. The number of amides is 1. The molecule has 1 rings (SSSR count). The molecule has 1 N–H and O–H groups in total. The Labute approximate surface area is 103 Å². The number of carbonyl (C=O) groups excluding carboxylic acids is 1. The van der Waals surface area contributed by atoms with Gasteiger partial charge in [0.15, 0.2) is 6.29 Å². The van der Waals surface area contributed by atoms with E-state index in [2.05, 4.69) is 0 Å². The van der Waals surface area contributed by atoms with Crippen molar-refractivity contribution in [2.24, 2.45) is 5.92 Å². The summed E-state index contributed by atoms with van der Waals surface area (Å²) >= 11 is 0. The molecule has 0 aliphatic carbocycles. The fraction of sp³-hybridized carbons (Fsp3) is 0.917. The molecule has 1 amide bonds. The van der Waals surface area contributed by atoms with Crippen molar-refractivity contribution in [3.05, 3.63) is 0 Å². The lowest BCUT2D eigenvalue weighted by molar-refractivity contribution is -0.116. The Bertz CT molecular complexity index is 274. The van der Waals surface area contributed by atoms with Gasteiger partial charge in [0.1, 0.15) is 5.60 Å². The van der Waals surface area contributed by atoms with Gasteiger partial charge in [0.05, 0.1) is 6.04 Å². The quantitative estimate of drug-likeness (QED) is 0.751. The molecule has 0 radical (unpaired) electrons. The molecule has 0 aromatic carbocycles. The van der Waals surface area contributed by atoms with Crippen molar-refractivity contribution in [3.8, 4) is 0 Å². The second-order valence-electron chi connectivity index (χ2n) is 5.67. The number of aliphatic hydroxyl groups excluding tert-OH is 1. The van der Waals surface area contributed by atoms with Crippen molar-refractivity contribution in [1.82, 2.24) is 4.90 Å². The van der Waals surface area contributed by atoms with Crippen LogP contribution in [-0.2, 0) is 9.47 Å². The lowest BCUT2D eigenvalue weighted by Gasteiger charge is -2.30. The second kappa shape index (κ2) is 5.23. The summed E-state index contributed by atoms with van der Waals surface area (Å²) in [6, 6.07) is -0.315. The molecule has 17 heavy (non-hydrogen) atoms. The van der Waals surface area contributed by atoms with Crippen molar-refractivity contribution < 1.29 is 19.4 Å². The number of rotatable bonds is 2. The molecule has 3 atom stereocenters. The summed E-state index contributed by atoms with van der Waals surface area (Å²) in [5.41, 5.74) is -0.522. The predicted octanol–water partition coefficient (Wildman–Crippen LogP) is 1.60. The molecule has 1 aliphatic rings. The predicted molar refractivity (Wildman–Crippen MR) is 63.5 cm³/mol. The van der Waals surface area contributed by atoms with E-state index in [1.165, 1.54) is 7.11 Å². The minimum Gasteiger partial charge on any atom is -0.444 e. The van der Waals surface area contributed by atoms with E-state index >= 15 is 0 Å². The smallest absolute Gasteiger partial charge is 0.410 e. The van der Waals surface area contributed by atoms with E-state index < -0.39 is 11.9 Å². The lowest BCUT2D eigenvalue weighted by Crippen LogP contribution is -2.45. The summed E-state index contributed by atoms with van der Waals surface area (Å²) in [6.45, 7) is 8.12. The van der Waals surface area contributed by atoms with Gasteiger partial charge in [0, 0.05) is 13.7 Å². The molecular weight excluding hydrogens is 222 g/mol. The molecule has 100 valence electrons.